The molecule has 1 aliphatic heterocycles. The quantitative estimate of drug-likeness (QED) is 0.614. The minimum Gasteiger partial charge on any atom is -0.355 e. The van der Waals surface area contributed by atoms with Gasteiger partial charge in [-0.05, 0) is 31.7 Å². The number of likely N-dealkylation sites (N-methyl/N-ethyl adjacent to an activating group) is 1. The molecule has 1 unspecified atom stereocenters. The van der Waals surface area contributed by atoms with Crippen LogP contribution < -0.4 is 10.6 Å². The highest BCUT2D eigenvalue weighted by atomic mass is 19.4. The van der Waals surface area contributed by atoms with Gasteiger partial charge in [0.25, 0.3) is 0 Å². The lowest BCUT2D eigenvalue weighted by Gasteiger charge is -2.36. The van der Waals surface area contributed by atoms with Crippen molar-refractivity contribution in [2.24, 2.45) is 4.99 Å². The first-order valence-electron chi connectivity index (χ1n) is 8.83. The molecule has 0 radical (unpaired) electrons. The van der Waals surface area contributed by atoms with Gasteiger partial charge in [-0.1, -0.05) is 12.1 Å². The number of hydrogen-bond acceptors (Lipinski definition) is 3. The lowest BCUT2D eigenvalue weighted by atomic mass is 10.1. The zero-order valence-corrected chi connectivity index (χ0v) is 15.6. The molecule has 0 saturated carbocycles. The molecule has 1 saturated heterocycles. The summed E-state index contributed by atoms with van der Waals surface area (Å²) in [5.74, 6) is 0.644. The molecular formula is C18H28F3N5. The Morgan fingerprint density at radius 1 is 1.12 bits per heavy atom. The second-order valence-electron chi connectivity index (χ2n) is 6.69. The van der Waals surface area contributed by atoms with Crippen LogP contribution >= 0.6 is 0 Å². The van der Waals surface area contributed by atoms with Gasteiger partial charge < -0.3 is 15.5 Å². The molecule has 1 heterocycles. The summed E-state index contributed by atoms with van der Waals surface area (Å²) in [5.41, 5.74) is 0.137. The van der Waals surface area contributed by atoms with Crippen molar-refractivity contribution in [1.82, 2.24) is 20.4 Å². The van der Waals surface area contributed by atoms with Crippen LogP contribution in [0.2, 0.25) is 0 Å². The Balaban J connectivity index is 1.77. The first kappa shape index (κ1) is 20.5. The maximum atomic E-state index is 12.6. The highest BCUT2D eigenvalue weighted by Crippen LogP contribution is 2.29. The monoisotopic (exact) mass is 371 g/mol. The van der Waals surface area contributed by atoms with Gasteiger partial charge in [0.15, 0.2) is 5.96 Å². The van der Waals surface area contributed by atoms with Crippen LogP contribution in [0.25, 0.3) is 0 Å². The largest absolute Gasteiger partial charge is 0.416 e. The molecule has 0 aliphatic carbocycles. The van der Waals surface area contributed by atoms with Crippen LogP contribution in [0.4, 0.5) is 13.2 Å². The zero-order chi connectivity index (χ0) is 19.2. The Labute approximate surface area is 153 Å². The van der Waals surface area contributed by atoms with Crippen molar-refractivity contribution >= 4 is 5.96 Å². The van der Waals surface area contributed by atoms with Gasteiger partial charge in [-0.2, -0.15) is 13.2 Å². The van der Waals surface area contributed by atoms with E-state index in [4.69, 9.17) is 0 Å². The minimum atomic E-state index is -4.30. The molecule has 0 aromatic heterocycles. The molecule has 0 bridgehead atoms. The van der Waals surface area contributed by atoms with Crippen LogP contribution in [0.3, 0.4) is 0 Å². The average molecular weight is 371 g/mol. The Morgan fingerprint density at radius 3 is 2.27 bits per heavy atom. The average Bonchev–Trinajstić information content (AvgIpc) is 2.62. The van der Waals surface area contributed by atoms with Crippen LogP contribution in [0.15, 0.2) is 29.3 Å². The molecule has 2 rings (SSSR count). The third kappa shape index (κ3) is 6.17. The van der Waals surface area contributed by atoms with Gasteiger partial charge in [0, 0.05) is 52.4 Å². The van der Waals surface area contributed by atoms with Gasteiger partial charge in [0.05, 0.1) is 5.56 Å². The van der Waals surface area contributed by atoms with Crippen molar-refractivity contribution in [1.29, 1.82) is 0 Å². The fourth-order valence-electron chi connectivity index (χ4n) is 2.85. The molecule has 1 aromatic rings. The molecule has 2 N–H and O–H groups in total. The van der Waals surface area contributed by atoms with Crippen LogP contribution in [-0.2, 0) is 12.7 Å². The number of nitrogens with zero attached hydrogens (tertiary/aromatic N) is 3. The van der Waals surface area contributed by atoms with E-state index in [0.717, 1.165) is 50.4 Å². The molecule has 1 aromatic carbocycles. The van der Waals surface area contributed by atoms with Gasteiger partial charge in [0.1, 0.15) is 0 Å². The molecular weight excluding hydrogens is 343 g/mol. The van der Waals surface area contributed by atoms with E-state index < -0.39 is 11.7 Å². The fourth-order valence-corrected chi connectivity index (χ4v) is 2.85. The Hall–Kier alpha value is -1.80. The lowest BCUT2D eigenvalue weighted by molar-refractivity contribution is -0.137. The highest BCUT2D eigenvalue weighted by Gasteiger charge is 2.29. The Kier molecular flexibility index (Phi) is 7.28. The van der Waals surface area contributed by atoms with Crippen molar-refractivity contribution < 1.29 is 13.2 Å². The topological polar surface area (TPSA) is 42.9 Å². The number of hydrogen-bond donors (Lipinski definition) is 2. The molecule has 1 atom stereocenters. The minimum absolute atomic E-state index is 0.383. The van der Waals surface area contributed by atoms with Gasteiger partial charge in [0.2, 0.25) is 0 Å². The third-order valence-corrected chi connectivity index (χ3v) is 4.69. The maximum Gasteiger partial charge on any atom is 0.416 e. The number of rotatable bonds is 5. The van der Waals surface area contributed by atoms with E-state index in [0.29, 0.717) is 18.5 Å². The summed E-state index contributed by atoms with van der Waals surface area (Å²) in [5, 5.41) is 6.43. The number of guanidine groups is 1. The van der Waals surface area contributed by atoms with E-state index in [1.165, 1.54) is 12.1 Å². The molecule has 146 valence electrons. The Bertz CT molecular complexity index is 577. The van der Waals surface area contributed by atoms with Gasteiger partial charge in [-0.25, -0.2) is 0 Å². The van der Waals surface area contributed by atoms with Crippen LogP contribution in [0.5, 0.6) is 0 Å². The number of benzene rings is 1. The first-order chi connectivity index (χ1) is 12.3. The smallest absolute Gasteiger partial charge is 0.355 e. The van der Waals surface area contributed by atoms with E-state index in [-0.39, 0.29) is 0 Å². The fraction of sp³-hybridized carbons (Fsp3) is 0.611. The van der Waals surface area contributed by atoms with E-state index in [1.807, 2.05) is 0 Å². The standard InChI is InChI=1S/C18H28F3N5/c1-14(26-10-8-25(3)9-11-26)12-23-17(22-2)24-13-15-4-6-16(7-5-15)18(19,20)21/h4-7,14H,8-13H2,1-3H3,(H2,22,23,24). The Morgan fingerprint density at radius 2 is 1.73 bits per heavy atom. The molecule has 1 aliphatic rings. The first-order valence-corrected chi connectivity index (χ1v) is 8.83. The number of piperazine rings is 1. The number of nitrogens with one attached hydrogen (secondary N) is 2. The normalized spacial score (nSPS) is 18.6. The van der Waals surface area contributed by atoms with Crippen LogP contribution in [0, 0.1) is 0 Å². The lowest BCUT2D eigenvalue weighted by Crippen LogP contribution is -2.52. The summed E-state index contributed by atoms with van der Waals surface area (Å²) in [6.45, 7) is 7.61. The second-order valence-corrected chi connectivity index (χ2v) is 6.69. The van der Waals surface area contributed by atoms with Crippen LogP contribution in [0.1, 0.15) is 18.1 Å². The molecule has 5 nitrogen and oxygen atoms in total. The van der Waals surface area contributed by atoms with Crippen molar-refractivity contribution in [3.8, 4) is 0 Å². The predicted molar refractivity (Wildman–Crippen MR) is 98.2 cm³/mol. The molecule has 8 heteroatoms. The van der Waals surface area contributed by atoms with E-state index in [9.17, 15) is 13.2 Å². The van der Waals surface area contributed by atoms with Crippen molar-refractivity contribution in [3.05, 3.63) is 35.4 Å². The predicted octanol–water partition coefficient (Wildman–Crippen LogP) is 2.01. The SMILES string of the molecule is CN=C(NCc1ccc(C(F)(F)F)cc1)NCC(C)N1CCN(C)CC1. The van der Waals surface area contributed by atoms with Crippen molar-refractivity contribution in [2.45, 2.75) is 25.7 Å². The van der Waals surface area contributed by atoms with E-state index >= 15 is 0 Å². The van der Waals surface area contributed by atoms with Gasteiger partial charge in [-0.3, -0.25) is 9.89 Å². The number of alkyl halides is 3. The molecule has 0 spiro atoms. The number of aliphatic imine (C=N–C) groups is 1. The summed E-state index contributed by atoms with van der Waals surface area (Å²) in [6, 6.07) is 5.55. The van der Waals surface area contributed by atoms with Crippen molar-refractivity contribution in [2.75, 3.05) is 46.8 Å². The third-order valence-electron chi connectivity index (χ3n) is 4.69. The maximum absolute atomic E-state index is 12.6. The van der Waals surface area contributed by atoms with Gasteiger partial charge in [-0.15, -0.1) is 0 Å². The van der Waals surface area contributed by atoms with Crippen molar-refractivity contribution in [3.63, 3.8) is 0 Å². The summed E-state index contributed by atoms with van der Waals surface area (Å²) < 4.78 is 37.8. The molecule has 26 heavy (non-hydrogen) atoms. The van der Waals surface area contributed by atoms with Gasteiger partial charge >= 0.3 is 6.18 Å². The molecule has 1 fully saturated rings. The summed E-state index contributed by atoms with van der Waals surface area (Å²) >= 11 is 0. The summed E-state index contributed by atoms with van der Waals surface area (Å²) in [6.07, 6.45) is -4.30. The summed E-state index contributed by atoms with van der Waals surface area (Å²) in [4.78, 5) is 8.94. The highest BCUT2D eigenvalue weighted by molar-refractivity contribution is 5.79. The van der Waals surface area contributed by atoms with E-state index in [2.05, 4.69) is 39.4 Å². The number of halogens is 3. The zero-order valence-electron chi connectivity index (χ0n) is 15.6. The molecule has 0 amide bonds. The van der Waals surface area contributed by atoms with E-state index in [1.54, 1.807) is 7.05 Å². The second kappa shape index (κ2) is 9.23. The van der Waals surface area contributed by atoms with Crippen LogP contribution in [-0.4, -0.2) is 68.6 Å². The summed E-state index contributed by atoms with van der Waals surface area (Å²) in [7, 11) is 3.82.